The van der Waals surface area contributed by atoms with Gasteiger partial charge in [0, 0.05) is 43.8 Å². The number of hydrogen-bond donors (Lipinski definition) is 0. The van der Waals surface area contributed by atoms with Crippen molar-refractivity contribution in [2.75, 3.05) is 46.4 Å². The zero-order valence-electron chi connectivity index (χ0n) is 28.4. The van der Waals surface area contributed by atoms with Crippen LogP contribution in [0.5, 0.6) is 0 Å². The molecule has 7 nitrogen and oxygen atoms in total. The first-order valence-electron chi connectivity index (χ1n) is 18.2. The Balaban J connectivity index is 0.00000384. The molecule has 4 aliphatic carbocycles. The lowest BCUT2D eigenvalue weighted by molar-refractivity contribution is -0.935. The van der Waals surface area contributed by atoms with E-state index in [1.165, 1.54) is 64.5 Å². The molecule has 8 heteroatoms. The number of quaternary nitrogens is 1. The van der Waals surface area contributed by atoms with Crippen LogP contribution in [0.15, 0.2) is 0 Å². The molecule has 0 radical (unpaired) electrons. The van der Waals surface area contributed by atoms with Crippen LogP contribution in [0.4, 0.5) is 0 Å². The predicted molar refractivity (Wildman–Crippen MR) is 167 cm³/mol. The Morgan fingerprint density at radius 3 is 2.18 bits per heavy atom. The number of morpholine rings is 1. The maximum absolute atomic E-state index is 12.9. The maximum atomic E-state index is 12.9. The summed E-state index contributed by atoms with van der Waals surface area (Å²) in [7, 11) is 2.49. The molecule has 0 aromatic heterocycles. The lowest BCUT2D eigenvalue weighted by Crippen LogP contribution is -3.00. The average Bonchev–Trinajstić information content (AvgIpc) is 3.14. The molecule has 252 valence electrons. The Morgan fingerprint density at radius 1 is 0.864 bits per heavy atom. The summed E-state index contributed by atoms with van der Waals surface area (Å²) in [5, 5.41) is 0. The van der Waals surface area contributed by atoms with Crippen molar-refractivity contribution in [3.8, 4) is 0 Å². The molecule has 4 saturated carbocycles. The molecule has 0 spiro atoms. The van der Waals surface area contributed by atoms with Crippen molar-refractivity contribution < 1.29 is 45.3 Å². The Kier molecular flexibility index (Phi) is 10.9. The van der Waals surface area contributed by atoms with Crippen LogP contribution in [-0.2, 0) is 23.8 Å². The smallest absolute Gasteiger partial charge is 0.306 e. The molecule has 44 heavy (non-hydrogen) atoms. The number of carbonyl (C=O) groups is 2. The third-order valence-corrected chi connectivity index (χ3v) is 14.1. The van der Waals surface area contributed by atoms with Gasteiger partial charge in [-0.1, -0.05) is 27.7 Å². The zero-order valence-corrected chi connectivity index (χ0v) is 30.0. The van der Waals surface area contributed by atoms with E-state index in [2.05, 4.69) is 25.8 Å². The number of nitrogens with zero attached hydrogens (tertiary/aromatic N) is 2. The van der Waals surface area contributed by atoms with Crippen LogP contribution < -0.4 is 17.0 Å². The van der Waals surface area contributed by atoms with Crippen LogP contribution in [0.25, 0.3) is 0 Å². The lowest BCUT2D eigenvalue weighted by Gasteiger charge is -2.62. The highest BCUT2D eigenvalue weighted by Crippen LogP contribution is 2.67. The first-order valence-corrected chi connectivity index (χ1v) is 18.2. The average molecular weight is 682 g/mol. The lowest BCUT2D eigenvalue weighted by atomic mass is 9.44. The number of fused-ring (bicyclic) bond motifs is 5. The second-order valence-corrected chi connectivity index (χ2v) is 16.1. The number of ether oxygens (including phenoxy) is 3. The third-order valence-electron chi connectivity index (χ3n) is 14.1. The monoisotopic (exact) mass is 680 g/mol. The van der Waals surface area contributed by atoms with E-state index in [4.69, 9.17) is 14.2 Å². The van der Waals surface area contributed by atoms with Crippen LogP contribution in [0, 0.1) is 34.5 Å². The molecule has 10 atom stereocenters. The number of carbonyl (C=O) groups excluding carboxylic acids is 2. The van der Waals surface area contributed by atoms with Gasteiger partial charge >= 0.3 is 11.9 Å². The molecule has 0 aromatic carbocycles. The minimum absolute atomic E-state index is 0. The highest BCUT2D eigenvalue weighted by Gasteiger charge is 2.67. The number of halogens is 1. The second-order valence-electron chi connectivity index (χ2n) is 16.1. The van der Waals surface area contributed by atoms with Gasteiger partial charge in [0.1, 0.15) is 12.1 Å². The molecule has 2 heterocycles. The molecule has 0 amide bonds. The summed E-state index contributed by atoms with van der Waals surface area (Å²) < 4.78 is 19.6. The standard InChI is InChI=1S/C36H61N2O5.BrH/c1-6-32(39)42-31-22-25-12-13-26-27(36(25,4)24-29(31)37-16-20-41-21-17-37)14-15-35(3)28(26)23-30(34(35)43-33(40)7-2)38(5)18-10-8-9-11-19-38;/h25-31,34H,6-24H2,1-5H3;1H/q+1;/p-1/t25-,26?,27?,28?,29-,30-,31-,34-,35-,36-;/m0./s1. The minimum Gasteiger partial charge on any atom is -1.00 e. The van der Waals surface area contributed by atoms with Gasteiger partial charge in [-0.05, 0) is 93.3 Å². The minimum atomic E-state index is -0.0521. The van der Waals surface area contributed by atoms with Crippen LogP contribution in [-0.4, -0.2) is 92.1 Å². The van der Waals surface area contributed by atoms with Gasteiger partial charge < -0.3 is 35.7 Å². The first kappa shape index (κ1) is 34.6. The van der Waals surface area contributed by atoms with Gasteiger partial charge in [-0.15, -0.1) is 0 Å². The molecule has 0 aromatic rings. The highest BCUT2D eigenvalue weighted by molar-refractivity contribution is 5.69. The van der Waals surface area contributed by atoms with Gasteiger partial charge in [0.2, 0.25) is 0 Å². The van der Waals surface area contributed by atoms with Gasteiger partial charge in [-0.25, -0.2) is 0 Å². The van der Waals surface area contributed by atoms with E-state index < -0.39 is 0 Å². The van der Waals surface area contributed by atoms with Gasteiger partial charge in [-0.2, -0.15) is 0 Å². The molecule has 6 rings (SSSR count). The summed E-state index contributed by atoms with van der Waals surface area (Å²) in [5.41, 5.74) is 0.308. The molecule has 2 saturated heterocycles. The van der Waals surface area contributed by atoms with E-state index in [9.17, 15) is 9.59 Å². The quantitative estimate of drug-likeness (QED) is 0.318. The van der Waals surface area contributed by atoms with Gasteiger partial charge in [-0.3, -0.25) is 14.5 Å². The fraction of sp³-hybridized carbons (Fsp3) is 0.944. The van der Waals surface area contributed by atoms with E-state index in [0.29, 0.717) is 42.6 Å². The number of rotatable bonds is 6. The van der Waals surface area contributed by atoms with E-state index in [-0.39, 0.29) is 58.0 Å². The number of hydrogen-bond acceptors (Lipinski definition) is 6. The normalized spacial score (nSPS) is 43.8. The summed E-state index contributed by atoms with van der Waals surface area (Å²) in [5.74, 6) is 2.52. The van der Waals surface area contributed by atoms with E-state index in [0.717, 1.165) is 50.0 Å². The Bertz CT molecular complexity index is 1010. The number of likely N-dealkylation sites (N-methyl/N-ethyl adjacent to an activating group) is 1. The number of esters is 2. The van der Waals surface area contributed by atoms with Crippen LogP contribution in [0.2, 0.25) is 0 Å². The predicted octanol–water partition coefficient (Wildman–Crippen LogP) is 2.99. The molecule has 3 unspecified atom stereocenters. The van der Waals surface area contributed by atoms with Gasteiger partial charge in [0.05, 0.1) is 33.4 Å². The van der Waals surface area contributed by atoms with Crippen LogP contribution in [0.1, 0.15) is 111 Å². The molecular weight excluding hydrogens is 620 g/mol. The van der Waals surface area contributed by atoms with Crippen molar-refractivity contribution in [1.82, 2.24) is 4.90 Å². The Hall–Kier alpha value is -0.700. The largest absolute Gasteiger partial charge is 1.00 e. The van der Waals surface area contributed by atoms with E-state index in [1.54, 1.807) is 0 Å². The fourth-order valence-electron chi connectivity index (χ4n) is 11.6. The molecule has 6 aliphatic rings. The van der Waals surface area contributed by atoms with Gasteiger partial charge in [0.25, 0.3) is 0 Å². The third kappa shape index (κ3) is 6.17. The van der Waals surface area contributed by atoms with Gasteiger partial charge in [0.15, 0.2) is 6.10 Å². The summed E-state index contributed by atoms with van der Waals surface area (Å²) in [6.45, 7) is 14.8. The van der Waals surface area contributed by atoms with E-state index >= 15 is 0 Å². The van der Waals surface area contributed by atoms with Crippen molar-refractivity contribution >= 4 is 11.9 Å². The Labute approximate surface area is 277 Å². The maximum Gasteiger partial charge on any atom is 0.306 e. The summed E-state index contributed by atoms with van der Waals surface area (Å²) in [6, 6.07) is 0.696. The van der Waals surface area contributed by atoms with Crippen molar-refractivity contribution in [1.29, 1.82) is 0 Å². The van der Waals surface area contributed by atoms with Crippen molar-refractivity contribution in [2.45, 2.75) is 135 Å². The first-order chi connectivity index (χ1) is 20.6. The molecule has 6 fully saturated rings. The zero-order chi connectivity index (χ0) is 30.4. The number of likely N-dealkylation sites (tertiary alicyclic amines) is 1. The van der Waals surface area contributed by atoms with Crippen LogP contribution >= 0.6 is 0 Å². The topological polar surface area (TPSA) is 65.1 Å². The molecule has 0 bridgehead atoms. The highest BCUT2D eigenvalue weighted by atomic mass is 79.9. The SMILES string of the molecule is CCC(=O)O[C@H]1C[C@@H]2CCC3C4C[C@H]([N+]5(C)CCCCCC5)[C@H](OC(=O)CC)[C@@]4(C)CCC3[C@@]2(C)C[C@@H]1N1CCOCC1.[Br-]. The summed E-state index contributed by atoms with van der Waals surface area (Å²) in [4.78, 5) is 28.1. The van der Waals surface area contributed by atoms with Crippen LogP contribution in [0.3, 0.4) is 0 Å². The van der Waals surface area contributed by atoms with Crippen molar-refractivity contribution in [3.05, 3.63) is 0 Å². The van der Waals surface area contributed by atoms with E-state index in [1.807, 2.05) is 13.8 Å². The Morgan fingerprint density at radius 2 is 1.52 bits per heavy atom. The summed E-state index contributed by atoms with van der Waals surface area (Å²) >= 11 is 0. The fourth-order valence-corrected chi connectivity index (χ4v) is 11.6. The second kappa shape index (κ2) is 13.8. The van der Waals surface area contributed by atoms with Crippen molar-refractivity contribution in [3.63, 3.8) is 0 Å². The summed E-state index contributed by atoms with van der Waals surface area (Å²) in [6.07, 6.45) is 14.4. The molecule has 0 N–H and O–H groups in total. The molecular formula is C36H61BrN2O5. The van der Waals surface area contributed by atoms with Crippen molar-refractivity contribution in [2.24, 2.45) is 34.5 Å². The molecule has 2 aliphatic heterocycles.